The van der Waals surface area contributed by atoms with Crippen molar-refractivity contribution in [1.82, 2.24) is 10.2 Å². The molecule has 0 spiro atoms. The number of carbonyl (C=O) groups excluding carboxylic acids is 1. The Kier molecular flexibility index (Phi) is 8.07. The number of hydrogen-bond acceptors (Lipinski definition) is 7. The van der Waals surface area contributed by atoms with E-state index in [9.17, 15) is 13.2 Å². The van der Waals surface area contributed by atoms with Gasteiger partial charge in [-0.3, -0.25) is 0 Å². The molecule has 6 nitrogen and oxygen atoms in total. The van der Waals surface area contributed by atoms with Crippen LogP contribution in [0.3, 0.4) is 0 Å². The molecule has 1 N–H and O–H groups in total. The molecule has 0 radical (unpaired) electrons. The lowest BCUT2D eigenvalue weighted by Gasteiger charge is -2.36. The molecule has 31 heavy (non-hydrogen) atoms. The fourth-order valence-corrected chi connectivity index (χ4v) is 7.95. The second-order valence-electron chi connectivity index (χ2n) is 8.36. The van der Waals surface area contributed by atoms with Crippen molar-refractivity contribution >= 4 is 50.2 Å². The quantitative estimate of drug-likeness (QED) is 0.531. The first-order chi connectivity index (χ1) is 14.6. The molecule has 1 aliphatic rings. The Hall–Kier alpha value is -1.13. The number of nitrogens with one attached hydrogen (secondary N) is 1. The maximum Gasteiger partial charge on any atom is 0.413 e. The summed E-state index contributed by atoms with van der Waals surface area (Å²) in [5.74, 6) is 0.540. The lowest BCUT2D eigenvalue weighted by Crippen LogP contribution is -2.41. The average molecular weight is 505 g/mol. The molecule has 172 valence electrons. The van der Waals surface area contributed by atoms with Crippen molar-refractivity contribution in [3.63, 3.8) is 0 Å². The fraction of sp³-hybridized carbons (Fsp3) is 0.571. The van der Waals surface area contributed by atoms with Crippen molar-refractivity contribution in [1.29, 1.82) is 0 Å². The number of rotatable bonds is 7. The van der Waals surface area contributed by atoms with E-state index in [1.807, 2.05) is 0 Å². The number of ether oxygens (including phenoxy) is 1. The molecule has 1 amide bonds. The standard InChI is InChI=1S/C21H29ClN2O4S3/c1-13(2)31(26,27)17-12-30-20(18(17)22)28-21(25)23-15-9-7-14(8-10-15)19(24(3)4)16-6-5-11-29-16/h5-6,11-15,19H,7-10H2,1-4H3,(H,23,25). The Balaban J connectivity index is 1.56. The third kappa shape index (κ3) is 5.63. The summed E-state index contributed by atoms with van der Waals surface area (Å²) in [4.78, 5) is 16.1. The molecular formula is C21H29ClN2O4S3. The van der Waals surface area contributed by atoms with Crippen LogP contribution in [-0.4, -0.2) is 44.8 Å². The summed E-state index contributed by atoms with van der Waals surface area (Å²) in [6, 6.07) is 4.70. The van der Waals surface area contributed by atoms with Gasteiger partial charge in [-0.25, -0.2) is 13.2 Å². The molecule has 1 atom stereocenters. The maximum absolute atomic E-state index is 12.4. The van der Waals surface area contributed by atoms with E-state index in [0.717, 1.165) is 37.0 Å². The van der Waals surface area contributed by atoms with Crippen LogP contribution in [0.25, 0.3) is 0 Å². The van der Waals surface area contributed by atoms with Gasteiger partial charge in [0.25, 0.3) is 0 Å². The Morgan fingerprint density at radius 2 is 1.90 bits per heavy atom. The van der Waals surface area contributed by atoms with E-state index in [0.29, 0.717) is 12.0 Å². The first kappa shape index (κ1) is 24.5. The van der Waals surface area contributed by atoms with Crippen LogP contribution in [0.4, 0.5) is 4.79 Å². The van der Waals surface area contributed by atoms with Crippen LogP contribution in [0.2, 0.25) is 5.02 Å². The largest absolute Gasteiger partial charge is 0.413 e. The lowest BCUT2D eigenvalue weighted by atomic mass is 9.80. The number of nitrogens with zero attached hydrogens (tertiary/aromatic N) is 1. The molecule has 2 aromatic rings. The first-order valence-electron chi connectivity index (χ1n) is 10.3. The van der Waals surface area contributed by atoms with E-state index in [-0.39, 0.29) is 21.0 Å². The average Bonchev–Trinajstić information content (AvgIpc) is 3.34. The second-order valence-corrected chi connectivity index (χ2v) is 13.0. The van der Waals surface area contributed by atoms with Gasteiger partial charge in [0.1, 0.15) is 9.92 Å². The fourth-order valence-electron chi connectivity index (χ4n) is 4.05. The van der Waals surface area contributed by atoms with Crippen LogP contribution in [0.5, 0.6) is 5.06 Å². The zero-order valence-electron chi connectivity index (χ0n) is 18.1. The number of hydrogen-bond donors (Lipinski definition) is 1. The summed E-state index contributed by atoms with van der Waals surface area (Å²) < 4.78 is 30.0. The predicted molar refractivity (Wildman–Crippen MR) is 127 cm³/mol. The zero-order valence-corrected chi connectivity index (χ0v) is 21.3. The SMILES string of the molecule is CC(C)S(=O)(=O)c1csc(OC(=O)NC2CCC(C(c3cccs3)N(C)C)CC2)c1Cl. The Morgan fingerprint density at radius 1 is 1.23 bits per heavy atom. The minimum absolute atomic E-state index is 0.0146. The highest BCUT2D eigenvalue weighted by Gasteiger charge is 2.32. The van der Waals surface area contributed by atoms with Gasteiger partial charge in [-0.2, -0.15) is 0 Å². The highest BCUT2D eigenvalue weighted by atomic mass is 35.5. The van der Waals surface area contributed by atoms with Crippen LogP contribution in [0.1, 0.15) is 50.4 Å². The molecule has 2 aromatic heterocycles. The number of carbonyl (C=O) groups is 1. The second kappa shape index (κ2) is 10.2. The Bertz CT molecular complexity index is 978. The zero-order chi connectivity index (χ0) is 22.8. The highest BCUT2D eigenvalue weighted by Crippen LogP contribution is 2.40. The van der Waals surface area contributed by atoms with Crippen molar-refractivity contribution in [3.8, 4) is 5.06 Å². The molecule has 1 aliphatic carbocycles. The van der Waals surface area contributed by atoms with Gasteiger partial charge in [0.2, 0.25) is 5.06 Å². The van der Waals surface area contributed by atoms with E-state index < -0.39 is 21.2 Å². The van der Waals surface area contributed by atoms with E-state index >= 15 is 0 Å². The molecule has 0 aliphatic heterocycles. The Morgan fingerprint density at radius 3 is 2.45 bits per heavy atom. The van der Waals surface area contributed by atoms with Crippen molar-refractivity contribution < 1.29 is 17.9 Å². The lowest BCUT2D eigenvalue weighted by molar-refractivity contribution is 0.153. The molecule has 1 saturated carbocycles. The van der Waals surface area contributed by atoms with Gasteiger partial charge in [0, 0.05) is 22.3 Å². The van der Waals surface area contributed by atoms with Crippen LogP contribution in [-0.2, 0) is 9.84 Å². The highest BCUT2D eigenvalue weighted by molar-refractivity contribution is 7.92. The van der Waals surface area contributed by atoms with Crippen molar-refractivity contribution in [2.45, 2.75) is 61.8 Å². The molecule has 1 unspecified atom stereocenters. The molecule has 10 heteroatoms. The van der Waals surface area contributed by atoms with Crippen molar-refractivity contribution in [3.05, 3.63) is 32.8 Å². The minimum Gasteiger partial charge on any atom is -0.398 e. The van der Waals surface area contributed by atoms with Gasteiger partial charge in [-0.15, -0.1) is 22.7 Å². The first-order valence-corrected chi connectivity index (χ1v) is 14.0. The predicted octanol–water partition coefficient (Wildman–Crippen LogP) is 5.60. The van der Waals surface area contributed by atoms with E-state index in [1.165, 1.54) is 10.3 Å². The van der Waals surface area contributed by atoms with Gasteiger partial charge in [0.15, 0.2) is 9.84 Å². The molecule has 3 rings (SSSR count). The van der Waals surface area contributed by atoms with Crippen LogP contribution in [0, 0.1) is 5.92 Å². The monoisotopic (exact) mass is 504 g/mol. The molecule has 0 bridgehead atoms. The van der Waals surface area contributed by atoms with Crippen LogP contribution >= 0.6 is 34.3 Å². The molecule has 2 heterocycles. The number of sulfone groups is 1. The smallest absolute Gasteiger partial charge is 0.398 e. The summed E-state index contributed by atoms with van der Waals surface area (Å²) in [7, 11) is 0.705. The molecule has 0 aromatic carbocycles. The molecular weight excluding hydrogens is 476 g/mol. The summed E-state index contributed by atoms with van der Waals surface area (Å²) in [6.45, 7) is 3.18. The van der Waals surface area contributed by atoms with Crippen molar-refractivity contribution in [2.75, 3.05) is 14.1 Å². The van der Waals surface area contributed by atoms with Gasteiger partial charge in [-0.05, 0) is 71.0 Å². The summed E-state index contributed by atoms with van der Waals surface area (Å²) in [6.07, 6.45) is 3.19. The van der Waals surface area contributed by atoms with E-state index in [2.05, 4.69) is 41.8 Å². The number of amides is 1. The minimum atomic E-state index is -3.53. The summed E-state index contributed by atoms with van der Waals surface area (Å²) in [5, 5.41) is 5.94. The maximum atomic E-state index is 12.4. The summed E-state index contributed by atoms with van der Waals surface area (Å²) >= 11 is 9.00. The van der Waals surface area contributed by atoms with E-state index in [4.69, 9.17) is 16.3 Å². The number of halogens is 1. The van der Waals surface area contributed by atoms with Gasteiger partial charge >= 0.3 is 6.09 Å². The topological polar surface area (TPSA) is 75.7 Å². The normalized spacial score (nSPS) is 20.7. The van der Waals surface area contributed by atoms with Gasteiger partial charge in [0.05, 0.1) is 5.25 Å². The van der Waals surface area contributed by atoms with Crippen molar-refractivity contribution in [2.24, 2.45) is 5.92 Å². The van der Waals surface area contributed by atoms with Crippen LogP contribution < -0.4 is 10.1 Å². The molecule has 0 saturated heterocycles. The molecule has 1 fully saturated rings. The van der Waals surface area contributed by atoms with E-state index in [1.54, 1.807) is 25.2 Å². The third-order valence-electron chi connectivity index (χ3n) is 5.71. The Labute approximate surface area is 197 Å². The van der Waals surface area contributed by atoms with Crippen LogP contribution in [0.15, 0.2) is 27.8 Å². The number of thiophene rings is 2. The third-order valence-corrected chi connectivity index (χ3v) is 10.4. The van der Waals surface area contributed by atoms with Gasteiger partial charge < -0.3 is 15.0 Å². The summed E-state index contributed by atoms with van der Waals surface area (Å²) in [5.41, 5.74) is 0. The van der Waals surface area contributed by atoms with Gasteiger partial charge in [-0.1, -0.05) is 17.7 Å².